The summed E-state index contributed by atoms with van der Waals surface area (Å²) >= 11 is 1.83. The van der Waals surface area contributed by atoms with Crippen LogP contribution in [-0.2, 0) is 0 Å². The first kappa shape index (κ1) is 19.9. The van der Waals surface area contributed by atoms with Crippen molar-refractivity contribution < 1.29 is 4.42 Å². The molecule has 0 N–H and O–H groups in total. The summed E-state index contributed by atoms with van der Waals surface area (Å²) in [5, 5.41) is 8.64. The molecule has 0 fully saturated rings. The van der Waals surface area contributed by atoms with Crippen LogP contribution in [0.4, 0.5) is 0 Å². The van der Waals surface area contributed by atoms with E-state index in [-0.39, 0.29) is 0 Å². The molecule has 36 heavy (non-hydrogen) atoms. The van der Waals surface area contributed by atoms with Crippen LogP contribution >= 0.6 is 11.3 Å². The normalized spacial score (nSPS) is 11.9. The summed E-state index contributed by atoms with van der Waals surface area (Å²) in [5.41, 5.74) is 5.87. The number of benzene rings is 6. The third-order valence-electron chi connectivity index (χ3n) is 7.34. The van der Waals surface area contributed by atoms with E-state index in [0.717, 1.165) is 16.5 Å². The van der Waals surface area contributed by atoms with Gasteiger partial charge in [-0.05, 0) is 50.9 Å². The van der Waals surface area contributed by atoms with Gasteiger partial charge in [0.2, 0.25) is 0 Å². The van der Waals surface area contributed by atoms with Crippen molar-refractivity contribution >= 4 is 64.0 Å². The van der Waals surface area contributed by atoms with E-state index in [1.54, 1.807) is 0 Å². The molecule has 0 saturated carbocycles. The number of hydrogen-bond donors (Lipinski definition) is 0. The van der Waals surface area contributed by atoms with E-state index < -0.39 is 0 Å². The van der Waals surface area contributed by atoms with Crippen molar-refractivity contribution in [2.45, 2.75) is 0 Å². The van der Waals surface area contributed by atoms with Crippen molar-refractivity contribution in [2.24, 2.45) is 0 Å². The maximum Gasteiger partial charge on any atom is 0.143 e. The Morgan fingerprint density at radius 3 is 1.72 bits per heavy atom. The molecule has 8 rings (SSSR count). The van der Waals surface area contributed by atoms with Crippen LogP contribution < -0.4 is 0 Å². The highest BCUT2D eigenvalue weighted by atomic mass is 32.1. The second-order valence-electron chi connectivity index (χ2n) is 9.27. The molecule has 0 saturated heterocycles. The van der Waals surface area contributed by atoms with Gasteiger partial charge in [0.05, 0.1) is 6.26 Å². The lowest BCUT2D eigenvalue weighted by Crippen LogP contribution is -1.90. The number of hydrogen-bond acceptors (Lipinski definition) is 2. The second-order valence-corrected chi connectivity index (χ2v) is 10.4. The Kier molecular flexibility index (Phi) is 4.16. The van der Waals surface area contributed by atoms with Crippen molar-refractivity contribution in [3.05, 3.63) is 122 Å². The zero-order chi connectivity index (χ0) is 23.6. The average Bonchev–Trinajstić information content (AvgIpc) is 3.53. The molecule has 0 atom stereocenters. The first-order valence-electron chi connectivity index (χ1n) is 12.2. The highest BCUT2D eigenvalue weighted by Crippen LogP contribution is 2.47. The third-order valence-corrected chi connectivity index (χ3v) is 8.48. The van der Waals surface area contributed by atoms with Gasteiger partial charge in [-0.25, -0.2) is 0 Å². The Morgan fingerprint density at radius 2 is 1.03 bits per heavy atom. The van der Waals surface area contributed by atoms with Gasteiger partial charge in [0.1, 0.15) is 5.58 Å². The van der Waals surface area contributed by atoms with Crippen LogP contribution in [0.1, 0.15) is 0 Å². The third kappa shape index (κ3) is 2.71. The fraction of sp³-hybridized carbons (Fsp3) is 0. The Bertz CT molecular complexity index is 2040. The summed E-state index contributed by atoms with van der Waals surface area (Å²) in [5.74, 6) is 0. The lowest BCUT2D eigenvalue weighted by atomic mass is 9.86. The van der Waals surface area contributed by atoms with Gasteiger partial charge in [0.25, 0.3) is 0 Å². The number of furan rings is 1. The van der Waals surface area contributed by atoms with Crippen LogP contribution in [0.5, 0.6) is 0 Å². The number of thiophene rings is 1. The minimum absolute atomic E-state index is 0.972. The molecule has 2 heterocycles. The highest BCUT2D eigenvalue weighted by molar-refractivity contribution is 7.26. The largest absolute Gasteiger partial charge is 0.463 e. The molecule has 0 spiro atoms. The quantitative estimate of drug-likeness (QED) is 0.226. The second kappa shape index (κ2) is 7.55. The topological polar surface area (TPSA) is 13.1 Å². The molecule has 0 aliphatic heterocycles. The molecule has 0 unspecified atom stereocenters. The van der Waals surface area contributed by atoms with Crippen molar-refractivity contribution in [3.63, 3.8) is 0 Å². The van der Waals surface area contributed by atoms with Crippen molar-refractivity contribution in [1.29, 1.82) is 0 Å². The zero-order valence-electron chi connectivity index (χ0n) is 19.4. The van der Waals surface area contributed by atoms with Crippen LogP contribution in [0.3, 0.4) is 0 Å². The first-order chi connectivity index (χ1) is 17.9. The van der Waals surface area contributed by atoms with Crippen LogP contribution in [-0.4, -0.2) is 0 Å². The van der Waals surface area contributed by atoms with Crippen LogP contribution in [0, 0.1) is 0 Å². The van der Waals surface area contributed by atoms with E-state index in [0.29, 0.717) is 0 Å². The molecule has 6 aromatic carbocycles. The van der Waals surface area contributed by atoms with Crippen molar-refractivity contribution in [2.75, 3.05) is 0 Å². The fourth-order valence-electron chi connectivity index (χ4n) is 5.83. The van der Waals surface area contributed by atoms with Gasteiger partial charge in [-0.2, -0.15) is 0 Å². The number of fused-ring (bicyclic) bond motifs is 7. The summed E-state index contributed by atoms with van der Waals surface area (Å²) in [6.07, 6.45) is 1.97. The van der Waals surface area contributed by atoms with Gasteiger partial charge in [0, 0.05) is 36.7 Å². The molecule has 168 valence electrons. The summed E-state index contributed by atoms with van der Waals surface area (Å²) in [7, 11) is 0. The fourth-order valence-corrected chi connectivity index (χ4v) is 6.93. The van der Waals surface area contributed by atoms with Crippen LogP contribution in [0.2, 0.25) is 0 Å². The molecule has 0 amide bonds. The maximum absolute atomic E-state index is 6.40. The van der Waals surface area contributed by atoms with E-state index in [1.807, 2.05) is 17.6 Å². The molecule has 2 heteroatoms. The minimum atomic E-state index is 0.972. The Hall–Kier alpha value is -4.40. The lowest BCUT2D eigenvalue weighted by Gasteiger charge is -2.17. The lowest BCUT2D eigenvalue weighted by molar-refractivity contribution is 0.620. The van der Waals surface area contributed by atoms with Crippen molar-refractivity contribution in [1.82, 2.24) is 0 Å². The molecule has 0 radical (unpaired) electrons. The van der Waals surface area contributed by atoms with Gasteiger partial charge < -0.3 is 4.42 Å². The molecule has 0 bridgehead atoms. The molecule has 0 aliphatic carbocycles. The van der Waals surface area contributed by atoms with Crippen LogP contribution in [0.15, 0.2) is 126 Å². The van der Waals surface area contributed by atoms with Gasteiger partial charge in [-0.15, -0.1) is 11.3 Å². The Labute approximate surface area is 211 Å². The number of rotatable bonds is 2. The van der Waals surface area contributed by atoms with Gasteiger partial charge in [-0.1, -0.05) is 97.1 Å². The molecule has 1 nitrogen and oxygen atoms in total. The van der Waals surface area contributed by atoms with E-state index in [4.69, 9.17) is 4.42 Å². The standard InChI is InChI=1S/C34H20OS/c1-2-10-21(11-3-1)31-22-12-4-6-14-24(22)32(25-15-7-5-13-23(25)31)28-20-35-34-26(28)18-19-30-33(34)27-16-8-9-17-29(27)36-30/h1-20H. The molecular formula is C34H20OS. The summed E-state index contributed by atoms with van der Waals surface area (Å²) in [4.78, 5) is 0. The van der Waals surface area contributed by atoms with E-state index >= 15 is 0 Å². The predicted molar refractivity (Wildman–Crippen MR) is 155 cm³/mol. The zero-order valence-corrected chi connectivity index (χ0v) is 20.2. The molecular weight excluding hydrogens is 456 g/mol. The SMILES string of the molecule is c1ccc(-c2c3ccccc3c(-c3coc4c3ccc3sc5ccccc5c34)c3ccccc23)cc1. The smallest absolute Gasteiger partial charge is 0.143 e. The first-order valence-corrected chi connectivity index (χ1v) is 13.0. The predicted octanol–water partition coefficient (Wildman–Crippen LogP) is 10.4. The summed E-state index contributed by atoms with van der Waals surface area (Å²) in [6, 6.07) is 41.4. The average molecular weight is 477 g/mol. The van der Waals surface area contributed by atoms with E-state index in [9.17, 15) is 0 Å². The summed E-state index contributed by atoms with van der Waals surface area (Å²) in [6.45, 7) is 0. The minimum Gasteiger partial charge on any atom is -0.463 e. The van der Waals surface area contributed by atoms with Crippen molar-refractivity contribution in [3.8, 4) is 22.3 Å². The van der Waals surface area contributed by atoms with Gasteiger partial charge >= 0.3 is 0 Å². The Morgan fingerprint density at radius 1 is 0.444 bits per heavy atom. The molecule has 0 aliphatic rings. The van der Waals surface area contributed by atoms with Gasteiger partial charge in [0.15, 0.2) is 0 Å². The molecule has 2 aromatic heterocycles. The van der Waals surface area contributed by atoms with E-state index in [2.05, 4.69) is 115 Å². The van der Waals surface area contributed by atoms with E-state index in [1.165, 1.54) is 58.4 Å². The maximum atomic E-state index is 6.40. The monoisotopic (exact) mass is 476 g/mol. The summed E-state index contributed by atoms with van der Waals surface area (Å²) < 4.78 is 8.96. The Balaban J connectivity index is 1.53. The van der Waals surface area contributed by atoms with Gasteiger partial charge in [-0.3, -0.25) is 0 Å². The molecule has 8 aromatic rings. The highest BCUT2D eigenvalue weighted by Gasteiger charge is 2.20. The van der Waals surface area contributed by atoms with Crippen LogP contribution in [0.25, 0.3) is 74.9 Å².